The Labute approximate surface area is 156 Å². The second-order valence-electron chi connectivity index (χ2n) is 5.89. The smallest absolute Gasteiger partial charge is 0.251 e. The Bertz CT molecular complexity index is 825. The summed E-state index contributed by atoms with van der Waals surface area (Å²) in [6.45, 7) is 2.78. The number of ether oxygens (including phenoxy) is 2. The zero-order valence-corrected chi connectivity index (χ0v) is 15.0. The Kier molecular flexibility index (Phi) is 5.63. The fraction of sp³-hybridized carbons (Fsp3) is 0.263. The van der Waals surface area contributed by atoms with Crippen LogP contribution < -0.4 is 20.1 Å². The molecule has 1 aliphatic heterocycles. The van der Waals surface area contributed by atoms with Crippen molar-refractivity contribution in [3.05, 3.63) is 58.6 Å². The first kappa shape index (κ1) is 18.1. The molecule has 2 N–H and O–H groups in total. The maximum absolute atomic E-state index is 12.1. The molecule has 1 aliphatic rings. The first-order valence-corrected chi connectivity index (χ1v) is 8.63. The molecule has 0 radical (unpaired) electrons. The van der Waals surface area contributed by atoms with Gasteiger partial charge in [0.15, 0.2) is 11.5 Å². The molecule has 0 saturated heterocycles. The first-order valence-electron chi connectivity index (χ1n) is 8.25. The summed E-state index contributed by atoms with van der Waals surface area (Å²) >= 11 is 5.86. The van der Waals surface area contributed by atoms with Crippen molar-refractivity contribution < 1.29 is 19.1 Å². The van der Waals surface area contributed by atoms with Gasteiger partial charge in [0.05, 0.1) is 12.6 Å². The molecule has 0 aromatic heterocycles. The predicted octanol–water partition coefficient (Wildman–Crippen LogP) is 2.72. The quantitative estimate of drug-likeness (QED) is 0.843. The number of carbonyl (C=O) groups excluding carboxylic acids is 2. The minimum Gasteiger partial charge on any atom is -0.486 e. The molecule has 136 valence electrons. The zero-order chi connectivity index (χ0) is 18.5. The van der Waals surface area contributed by atoms with E-state index in [0.29, 0.717) is 35.3 Å². The summed E-state index contributed by atoms with van der Waals surface area (Å²) in [6.07, 6.45) is 0. The van der Waals surface area contributed by atoms with E-state index in [4.69, 9.17) is 21.1 Å². The Morgan fingerprint density at radius 3 is 2.65 bits per heavy atom. The highest BCUT2D eigenvalue weighted by Gasteiger charge is 2.16. The number of rotatable bonds is 5. The van der Waals surface area contributed by atoms with Gasteiger partial charge in [0.25, 0.3) is 5.91 Å². The van der Waals surface area contributed by atoms with E-state index in [1.165, 1.54) is 0 Å². The normalized spacial score (nSPS) is 13.6. The van der Waals surface area contributed by atoms with Gasteiger partial charge in [-0.05, 0) is 42.8 Å². The van der Waals surface area contributed by atoms with Gasteiger partial charge < -0.3 is 20.1 Å². The van der Waals surface area contributed by atoms with Gasteiger partial charge in [0, 0.05) is 10.6 Å². The van der Waals surface area contributed by atoms with Crippen LogP contribution in [0, 0.1) is 0 Å². The van der Waals surface area contributed by atoms with E-state index in [-0.39, 0.29) is 24.4 Å². The lowest BCUT2D eigenvalue weighted by molar-refractivity contribution is -0.120. The van der Waals surface area contributed by atoms with E-state index in [1.54, 1.807) is 24.3 Å². The summed E-state index contributed by atoms with van der Waals surface area (Å²) in [6, 6.07) is 11.9. The number of hydrogen-bond donors (Lipinski definition) is 2. The first-order chi connectivity index (χ1) is 12.5. The summed E-state index contributed by atoms with van der Waals surface area (Å²) in [5, 5.41) is 5.89. The third kappa shape index (κ3) is 4.46. The van der Waals surface area contributed by atoms with Crippen LogP contribution >= 0.6 is 11.6 Å². The maximum atomic E-state index is 12.1. The van der Waals surface area contributed by atoms with E-state index in [1.807, 2.05) is 25.1 Å². The van der Waals surface area contributed by atoms with E-state index in [0.717, 1.165) is 5.56 Å². The zero-order valence-electron chi connectivity index (χ0n) is 14.3. The molecule has 7 heteroatoms. The van der Waals surface area contributed by atoms with E-state index >= 15 is 0 Å². The number of carbonyl (C=O) groups is 2. The van der Waals surface area contributed by atoms with Crippen LogP contribution in [0.25, 0.3) is 0 Å². The highest BCUT2D eigenvalue weighted by Crippen LogP contribution is 2.32. The standard InChI is InChI=1S/C19H19ClN2O4/c1-12(13-5-6-16-17(10-13)26-8-7-25-16)22-18(23)11-21-19(24)14-3-2-4-15(20)9-14/h2-6,9-10,12H,7-8,11H2,1H3,(H,21,24)(H,22,23). The predicted molar refractivity (Wildman–Crippen MR) is 97.8 cm³/mol. The Morgan fingerprint density at radius 1 is 1.12 bits per heavy atom. The Morgan fingerprint density at radius 2 is 1.88 bits per heavy atom. The molecule has 0 fully saturated rings. The molecule has 0 spiro atoms. The van der Waals surface area contributed by atoms with Gasteiger partial charge >= 0.3 is 0 Å². The Balaban J connectivity index is 1.53. The lowest BCUT2D eigenvalue weighted by Gasteiger charge is -2.21. The van der Waals surface area contributed by atoms with Gasteiger partial charge in [-0.1, -0.05) is 23.7 Å². The maximum Gasteiger partial charge on any atom is 0.251 e. The van der Waals surface area contributed by atoms with Gasteiger partial charge in [-0.3, -0.25) is 9.59 Å². The van der Waals surface area contributed by atoms with Crippen molar-refractivity contribution in [1.82, 2.24) is 10.6 Å². The van der Waals surface area contributed by atoms with Gasteiger partial charge in [-0.25, -0.2) is 0 Å². The van der Waals surface area contributed by atoms with Gasteiger partial charge in [0.1, 0.15) is 13.2 Å². The molecule has 1 atom stereocenters. The summed E-state index contributed by atoms with van der Waals surface area (Å²) in [5.74, 6) is 0.730. The summed E-state index contributed by atoms with van der Waals surface area (Å²) in [5.41, 5.74) is 1.30. The SMILES string of the molecule is CC(NC(=O)CNC(=O)c1cccc(Cl)c1)c1ccc2c(c1)OCCO2. The van der Waals surface area contributed by atoms with Crippen molar-refractivity contribution in [2.24, 2.45) is 0 Å². The number of nitrogens with one attached hydrogen (secondary N) is 2. The van der Waals surface area contributed by atoms with Crippen LogP contribution in [0.5, 0.6) is 11.5 Å². The molecular weight excluding hydrogens is 356 g/mol. The second-order valence-corrected chi connectivity index (χ2v) is 6.32. The van der Waals surface area contributed by atoms with E-state index in [9.17, 15) is 9.59 Å². The molecule has 2 amide bonds. The summed E-state index contributed by atoms with van der Waals surface area (Å²) in [7, 11) is 0. The molecule has 26 heavy (non-hydrogen) atoms. The lowest BCUT2D eigenvalue weighted by atomic mass is 10.1. The fourth-order valence-corrected chi connectivity index (χ4v) is 2.79. The third-order valence-corrected chi connectivity index (χ3v) is 4.18. The molecular formula is C19H19ClN2O4. The third-order valence-electron chi connectivity index (χ3n) is 3.94. The second kappa shape index (κ2) is 8.10. The van der Waals surface area contributed by atoms with Gasteiger partial charge in [-0.2, -0.15) is 0 Å². The highest BCUT2D eigenvalue weighted by molar-refractivity contribution is 6.30. The Hall–Kier alpha value is -2.73. The number of amides is 2. The summed E-state index contributed by atoms with van der Waals surface area (Å²) in [4.78, 5) is 24.1. The molecule has 0 aliphatic carbocycles. The minimum absolute atomic E-state index is 0.125. The number of fused-ring (bicyclic) bond motifs is 1. The lowest BCUT2D eigenvalue weighted by Crippen LogP contribution is -2.38. The van der Waals surface area contributed by atoms with Crippen LogP contribution in [0.15, 0.2) is 42.5 Å². The number of halogens is 1. The van der Waals surface area contributed by atoms with Crippen molar-refractivity contribution in [3.8, 4) is 11.5 Å². The highest BCUT2D eigenvalue weighted by atomic mass is 35.5. The monoisotopic (exact) mass is 374 g/mol. The molecule has 0 saturated carbocycles. The van der Waals surface area contributed by atoms with Crippen LogP contribution in [0.2, 0.25) is 5.02 Å². The summed E-state index contributed by atoms with van der Waals surface area (Å²) < 4.78 is 11.0. The molecule has 6 nitrogen and oxygen atoms in total. The van der Waals surface area contributed by atoms with Crippen LogP contribution in [-0.4, -0.2) is 31.6 Å². The van der Waals surface area contributed by atoms with Gasteiger partial charge in [-0.15, -0.1) is 0 Å². The van der Waals surface area contributed by atoms with Crippen LogP contribution in [0.1, 0.15) is 28.9 Å². The van der Waals surface area contributed by atoms with Crippen LogP contribution in [0.4, 0.5) is 0 Å². The van der Waals surface area contributed by atoms with Crippen molar-refractivity contribution in [2.75, 3.05) is 19.8 Å². The largest absolute Gasteiger partial charge is 0.486 e. The van der Waals surface area contributed by atoms with Crippen molar-refractivity contribution in [3.63, 3.8) is 0 Å². The average molecular weight is 375 g/mol. The van der Waals surface area contributed by atoms with E-state index in [2.05, 4.69) is 10.6 Å². The molecule has 1 heterocycles. The fourth-order valence-electron chi connectivity index (χ4n) is 2.60. The molecule has 3 rings (SSSR count). The van der Waals surface area contributed by atoms with E-state index < -0.39 is 0 Å². The molecule has 2 aromatic carbocycles. The number of hydrogen-bond acceptors (Lipinski definition) is 4. The van der Waals surface area contributed by atoms with Crippen molar-refractivity contribution >= 4 is 23.4 Å². The minimum atomic E-state index is -0.352. The average Bonchev–Trinajstić information content (AvgIpc) is 2.65. The van der Waals surface area contributed by atoms with Crippen LogP contribution in [-0.2, 0) is 4.79 Å². The topological polar surface area (TPSA) is 76.7 Å². The van der Waals surface area contributed by atoms with Crippen molar-refractivity contribution in [2.45, 2.75) is 13.0 Å². The molecule has 1 unspecified atom stereocenters. The molecule has 0 bridgehead atoms. The molecule has 2 aromatic rings. The van der Waals surface area contributed by atoms with Crippen molar-refractivity contribution in [1.29, 1.82) is 0 Å². The van der Waals surface area contributed by atoms with Gasteiger partial charge in [0.2, 0.25) is 5.91 Å². The van der Waals surface area contributed by atoms with Crippen LogP contribution in [0.3, 0.4) is 0 Å². The number of benzene rings is 2.